The monoisotopic (exact) mass is 487 g/mol. The molecule has 0 saturated heterocycles. The lowest BCUT2D eigenvalue weighted by atomic mass is 10.1. The topological polar surface area (TPSA) is 139 Å². The van der Waals surface area contributed by atoms with Crippen molar-refractivity contribution in [2.75, 3.05) is 5.32 Å². The molecule has 0 radical (unpaired) electrons. The number of halogens is 4. The third kappa shape index (κ3) is 6.65. The van der Waals surface area contributed by atoms with Gasteiger partial charge in [0.25, 0.3) is 11.8 Å². The lowest BCUT2D eigenvalue weighted by molar-refractivity contribution is -0.130. The molecule has 1 heterocycles. The Morgan fingerprint density at radius 1 is 1.33 bits per heavy atom. The number of alkyl halides is 3. The second kappa shape index (κ2) is 9.29. The summed E-state index contributed by atoms with van der Waals surface area (Å²) < 4.78 is 61.7. The van der Waals surface area contributed by atoms with Gasteiger partial charge in [0.1, 0.15) is 21.0 Å². The number of nitrogens with one attached hydrogen (secondary N) is 1. The van der Waals surface area contributed by atoms with Gasteiger partial charge in [-0.2, -0.15) is 13.2 Å². The fourth-order valence-electron chi connectivity index (χ4n) is 1.81. The number of amides is 2. The quantitative estimate of drug-likeness (QED) is 0.401. The largest absolute Gasteiger partial charge is 0.426 e. The molecule has 0 spiro atoms. The van der Waals surface area contributed by atoms with Crippen LogP contribution in [0.4, 0.5) is 18.2 Å². The highest BCUT2D eigenvalue weighted by atomic mass is 35.5. The van der Waals surface area contributed by atoms with Crippen LogP contribution in [0.3, 0.4) is 0 Å². The third-order valence-electron chi connectivity index (χ3n) is 3.22. The fourth-order valence-corrected chi connectivity index (χ4v) is 5.14. The number of hydrogen-bond donors (Lipinski definition) is 3. The summed E-state index contributed by atoms with van der Waals surface area (Å²) >= 11 is 6.26. The molecule has 0 saturated carbocycles. The highest BCUT2D eigenvalue weighted by molar-refractivity contribution is 7.97. The van der Waals surface area contributed by atoms with Gasteiger partial charge in [-0.1, -0.05) is 17.7 Å². The molecule has 166 valence electrons. The number of carbonyl (C=O) groups is 2. The molecule has 0 atom stereocenters. The molecule has 0 aliphatic rings. The number of sulfone groups is 1. The standard InChI is InChI=1S/C16H17ClF3N3O5S2/c1-4-10(9(17)6-22-7-16(18,19)20)30(27,28)11-5-8(12(21)24)13(29-11)23-14(25)15(2,3)26/h4-7,26H,1-3H3,(H2,21,24)(H,23,25)/b9-6+,10-4+,22-7+. The number of rotatable bonds is 7. The summed E-state index contributed by atoms with van der Waals surface area (Å²) in [5.41, 5.74) is 3.03. The van der Waals surface area contributed by atoms with Crippen LogP contribution in [-0.2, 0) is 14.6 Å². The number of hydrogen-bond acceptors (Lipinski definition) is 7. The number of allylic oxidation sites excluding steroid dienone is 2. The van der Waals surface area contributed by atoms with E-state index in [4.69, 9.17) is 17.3 Å². The zero-order valence-electron chi connectivity index (χ0n) is 15.7. The van der Waals surface area contributed by atoms with Crippen LogP contribution in [0.25, 0.3) is 0 Å². The van der Waals surface area contributed by atoms with E-state index in [1.54, 1.807) is 0 Å². The first-order chi connectivity index (χ1) is 13.5. The van der Waals surface area contributed by atoms with Crippen LogP contribution in [0.2, 0.25) is 0 Å². The maximum Gasteiger partial charge on any atom is 0.426 e. The lowest BCUT2D eigenvalue weighted by Gasteiger charge is -2.16. The van der Waals surface area contributed by atoms with E-state index >= 15 is 0 Å². The number of nitrogens with zero attached hydrogens (tertiary/aromatic N) is 1. The molecule has 1 aromatic rings. The highest BCUT2D eigenvalue weighted by Crippen LogP contribution is 2.37. The van der Waals surface area contributed by atoms with E-state index in [2.05, 4.69) is 10.3 Å². The number of anilines is 1. The van der Waals surface area contributed by atoms with Crippen LogP contribution in [-0.4, -0.2) is 43.3 Å². The predicted molar refractivity (Wildman–Crippen MR) is 107 cm³/mol. The van der Waals surface area contributed by atoms with E-state index in [0.29, 0.717) is 17.5 Å². The van der Waals surface area contributed by atoms with Gasteiger partial charge in [0.05, 0.1) is 15.5 Å². The fraction of sp³-hybridized carbons (Fsp3) is 0.312. The van der Waals surface area contributed by atoms with Gasteiger partial charge in [0, 0.05) is 6.20 Å². The molecule has 0 aliphatic carbocycles. The van der Waals surface area contributed by atoms with Crippen LogP contribution in [0.15, 0.2) is 37.5 Å². The van der Waals surface area contributed by atoms with Crippen LogP contribution in [0.1, 0.15) is 31.1 Å². The minimum atomic E-state index is -4.72. The van der Waals surface area contributed by atoms with Crippen molar-refractivity contribution >= 4 is 55.8 Å². The van der Waals surface area contributed by atoms with Crippen molar-refractivity contribution < 1.29 is 36.3 Å². The van der Waals surface area contributed by atoms with Gasteiger partial charge in [0.2, 0.25) is 9.84 Å². The average molecular weight is 488 g/mol. The molecule has 4 N–H and O–H groups in total. The van der Waals surface area contributed by atoms with Gasteiger partial charge in [0.15, 0.2) is 0 Å². The van der Waals surface area contributed by atoms with Gasteiger partial charge >= 0.3 is 6.18 Å². The first kappa shape index (κ1) is 25.8. The van der Waals surface area contributed by atoms with Gasteiger partial charge in [-0.05, 0) is 26.8 Å². The molecule has 0 aliphatic heterocycles. The SMILES string of the molecule is C\C=C(/C(Cl)=C\N=C\C(F)(F)F)S(=O)(=O)c1cc(C(N)=O)c(NC(=O)C(C)(C)O)s1. The molecule has 1 aromatic heterocycles. The van der Waals surface area contributed by atoms with E-state index in [9.17, 15) is 36.3 Å². The Bertz CT molecular complexity index is 1040. The van der Waals surface area contributed by atoms with Crippen molar-refractivity contribution in [2.24, 2.45) is 10.7 Å². The minimum Gasteiger partial charge on any atom is -0.381 e. The highest BCUT2D eigenvalue weighted by Gasteiger charge is 2.31. The third-order valence-corrected chi connectivity index (χ3v) is 7.07. The second-order valence-corrected chi connectivity index (χ2v) is 9.74. The lowest BCUT2D eigenvalue weighted by Crippen LogP contribution is -2.36. The normalized spacial score (nSPS) is 14.3. The molecule has 8 nitrogen and oxygen atoms in total. The zero-order valence-corrected chi connectivity index (χ0v) is 18.1. The Kier molecular flexibility index (Phi) is 7.99. The molecule has 1 rings (SSSR count). The van der Waals surface area contributed by atoms with Crippen LogP contribution in [0, 0.1) is 0 Å². The number of nitrogens with two attached hydrogens (primary N) is 1. The maximum atomic E-state index is 12.9. The molecular formula is C16H17ClF3N3O5S2. The molecule has 30 heavy (non-hydrogen) atoms. The zero-order chi connectivity index (χ0) is 23.5. The molecule has 0 bridgehead atoms. The Hall–Kier alpha value is -2.22. The van der Waals surface area contributed by atoms with Gasteiger partial charge in [-0.3, -0.25) is 14.6 Å². The predicted octanol–water partition coefficient (Wildman–Crippen LogP) is 2.95. The molecular weight excluding hydrogens is 471 g/mol. The van der Waals surface area contributed by atoms with Crippen molar-refractivity contribution in [3.05, 3.63) is 33.8 Å². The summed E-state index contributed by atoms with van der Waals surface area (Å²) in [4.78, 5) is 26.0. The van der Waals surface area contributed by atoms with Gasteiger partial charge in [-0.25, -0.2) is 8.42 Å². The van der Waals surface area contributed by atoms with E-state index in [-0.39, 0.29) is 16.8 Å². The van der Waals surface area contributed by atoms with E-state index in [0.717, 1.165) is 12.1 Å². The summed E-state index contributed by atoms with van der Waals surface area (Å²) in [6.45, 7) is 3.61. The molecule has 14 heteroatoms. The summed E-state index contributed by atoms with van der Waals surface area (Å²) in [7, 11) is -4.42. The van der Waals surface area contributed by atoms with Crippen LogP contribution < -0.4 is 11.1 Å². The van der Waals surface area contributed by atoms with Crippen molar-refractivity contribution in [1.29, 1.82) is 0 Å². The molecule has 0 unspecified atom stereocenters. The number of carbonyl (C=O) groups excluding carboxylic acids is 2. The Balaban J connectivity index is 3.42. The summed E-state index contributed by atoms with van der Waals surface area (Å²) in [6, 6.07) is 0.884. The van der Waals surface area contributed by atoms with Crippen molar-refractivity contribution in [3.8, 4) is 0 Å². The molecule has 2 amide bonds. The van der Waals surface area contributed by atoms with Crippen LogP contribution in [0.5, 0.6) is 0 Å². The summed E-state index contributed by atoms with van der Waals surface area (Å²) in [5.74, 6) is -1.99. The number of aliphatic imine (C=N–C) groups is 1. The first-order valence-electron chi connectivity index (χ1n) is 7.86. The van der Waals surface area contributed by atoms with Gasteiger partial charge < -0.3 is 16.2 Å². The van der Waals surface area contributed by atoms with Crippen molar-refractivity contribution in [2.45, 2.75) is 36.8 Å². The average Bonchev–Trinajstić information content (AvgIpc) is 2.98. The number of aliphatic hydroxyl groups is 1. The van der Waals surface area contributed by atoms with Crippen molar-refractivity contribution in [1.82, 2.24) is 0 Å². The Morgan fingerprint density at radius 2 is 1.90 bits per heavy atom. The number of thiophene rings is 1. The van der Waals surface area contributed by atoms with E-state index < -0.39 is 47.6 Å². The first-order valence-corrected chi connectivity index (χ1v) is 10.5. The second-order valence-electron chi connectivity index (χ2n) is 6.14. The molecule has 0 aromatic carbocycles. The van der Waals surface area contributed by atoms with E-state index in [1.807, 2.05) is 0 Å². The number of primary amides is 1. The van der Waals surface area contributed by atoms with Gasteiger partial charge in [-0.15, -0.1) is 11.3 Å². The summed E-state index contributed by atoms with van der Waals surface area (Å²) in [6.07, 6.45) is -3.58. The Labute approximate surface area is 178 Å². The summed E-state index contributed by atoms with van der Waals surface area (Å²) in [5, 5.41) is 11.1. The maximum absolute atomic E-state index is 12.9. The smallest absolute Gasteiger partial charge is 0.381 e. The molecule has 0 fully saturated rings. The van der Waals surface area contributed by atoms with Crippen molar-refractivity contribution in [3.63, 3.8) is 0 Å². The minimum absolute atomic E-state index is 0.237. The van der Waals surface area contributed by atoms with E-state index in [1.165, 1.54) is 20.8 Å². The Morgan fingerprint density at radius 3 is 2.33 bits per heavy atom. The van der Waals surface area contributed by atoms with Crippen LogP contribution >= 0.6 is 22.9 Å².